The van der Waals surface area contributed by atoms with Crippen LogP contribution in [0.5, 0.6) is 5.75 Å². The van der Waals surface area contributed by atoms with E-state index in [4.69, 9.17) is 4.74 Å². The van der Waals surface area contributed by atoms with E-state index in [0.717, 1.165) is 5.56 Å². The van der Waals surface area contributed by atoms with Crippen molar-refractivity contribution in [1.29, 1.82) is 0 Å². The summed E-state index contributed by atoms with van der Waals surface area (Å²) in [5.74, 6) is -0.0421. The van der Waals surface area contributed by atoms with Crippen molar-refractivity contribution in [2.24, 2.45) is 5.10 Å². The topological polar surface area (TPSA) is 84.8 Å². The zero-order valence-corrected chi connectivity index (χ0v) is 16.8. The number of ether oxygens (including phenoxy) is 1. The molecule has 3 aromatic rings. The van der Waals surface area contributed by atoms with Gasteiger partial charge in [-0.2, -0.15) is 5.10 Å². The first-order valence-electron chi connectivity index (χ1n) is 8.81. The monoisotopic (exact) mass is 408 g/mol. The zero-order chi connectivity index (χ0) is 20.9. The van der Waals surface area contributed by atoms with Gasteiger partial charge < -0.3 is 4.74 Å². The van der Waals surface area contributed by atoms with E-state index in [2.05, 4.69) is 10.5 Å². The molecule has 6 nitrogen and oxygen atoms in total. The number of Topliss-reactive ketones (excluding diaryl/α,β-unsaturated/α-hetero) is 1. The van der Waals surface area contributed by atoms with Crippen molar-refractivity contribution in [3.63, 3.8) is 0 Å². The van der Waals surface area contributed by atoms with E-state index in [1.165, 1.54) is 12.1 Å². The highest BCUT2D eigenvalue weighted by Gasteiger charge is 2.30. The van der Waals surface area contributed by atoms with Gasteiger partial charge in [-0.25, -0.2) is 8.42 Å². The second-order valence-electron chi connectivity index (χ2n) is 6.27. The number of rotatable bonds is 6. The number of benzene rings is 3. The van der Waals surface area contributed by atoms with Crippen LogP contribution in [0.4, 0.5) is 5.69 Å². The van der Waals surface area contributed by atoms with E-state index in [1.54, 1.807) is 73.8 Å². The normalized spacial score (nSPS) is 11.7. The number of sulfone groups is 1. The van der Waals surface area contributed by atoms with Crippen LogP contribution in [-0.2, 0) is 9.84 Å². The summed E-state index contributed by atoms with van der Waals surface area (Å²) in [6, 6.07) is 21.2. The minimum atomic E-state index is -4.13. The molecule has 0 saturated carbocycles. The Kier molecular flexibility index (Phi) is 6.09. The van der Waals surface area contributed by atoms with E-state index in [0.29, 0.717) is 11.4 Å². The summed E-state index contributed by atoms with van der Waals surface area (Å²) in [5.41, 5.74) is 4.33. The Hall–Kier alpha value is -3.45. The molecule has 0 saturated heterocycles. The molecule has 0 bridgehead atoms. The van der Waals surface area contributed by atoms with Crippen LogP contribution in [0, 0.1) is 6.92 Å². The van der Waals surface area contributed by atoms with Crippen LogP contribution in [0.2, 0.25) is 0 Å². The van der Waals surface area contributed by atoms with E-state index < -0.39 is 20.7 Å². The lowest BCUT2D eigenvalue weighted by atomic mass is 10.1. The van der Waals surface area contributed by atoms with Gasteiger partial charge in [-0.1, -0.05) is 48.0 Å². The van der Waals surface area contributed by atoms with Crippen molar-refractivity contribution >= 4 is 26.4 Å². The average molecular weight is 408 g/mol. The van der Waals surface area contributed by atoms with Gasteiger partial charge in [-0.15, -0.1) is 0 Å². The van der Waals surface area contributed by atoms with Gasteiger partial charge in [0.1, 0.15) is 5.75 Å². The number of carbonyl (C=O) groups excluding carboxylic acids is 1. The van der Waals surface area contributed by atoms with Crippen molar-refractivity contribution in [3.8, 4) is 5.75 Å². The number of nitrogens with one attached hydrogen (secondary N) is 1. The van der Waals surface area contributed by atoms with Crippen LogP contribution in [-0.4, -0.2) is 26.4 Å². The number of aryl methyl sites for hydroxylation is 1. The summed E-state index contributed by atoms with van der Waals surface area (Å²) in [4.78, 5) is 13.0. The van der Waals surface area contributed by atoms with Crippen molar-refractivity contribution in [3.05, 3.63) is 90.0 Å². The quantitative estimate of drug-likeness (QED) is 0.287. The van der Waals surface area contributed by atoms with Crippen LogP contribution >= 0.6 is 0 Å². The third kappa shape index (κ3) is 4.70. The van der Waals surface area contributed by atoms with Crippen molar-refractivity contribution in [2.45, 2.75) is 11.8 Å². The molecule has 0 radical (unpaired) electrons. The number of ketones is 1. The minimum absolute atomic E-state index is 0.00246. The second-order valence-corrected chi connectivity index (χ2v) is 8.13. The first-order valence-corrected chi connectivity index (χ1v) is 10.3. The maximum absolute atomic E-state index is 13.2. The van der Waals surface area contributed by atoms with Gasteiger partial charge in [0, 0.05) is 5.56 Å². The summed E-state index contributed by atoms with van der Waals surface area (Å²) in [7, 11) is -2.59. The molecule has 3 rings (SSSR count). The molecule has 0 aliphatic carbocycles. The predicted octanol–water partition coefficient (Wildman–Crippen LogP) is 4.09. The van der Waals surface area contributed by atoms with E-state index >= 15 is 0 Å². The lowest BCUT2D eigenvalue weighted by Gasteiger charge is -2.09. The fraction of sp³-hybridized carbons (Fsp3) is 0.0909. The lowest BCUT2D eigenvalue weighted by molar-refractivity contribution is 0.106. The molecule has 0 fully saturated rings. The predicted molar refractivity (Wildman–Crippen MR) is 113 cm³/mol. The molecule has 0 aliphatic heterocycles. The number of anilines is 1. The van der Waals surface area contributed by atoms with Gasteiger partial charge in [-0.3, -0.25) is 10.2 Å². The summed E-state index contributed by atoms with van der Waals surface area (Å²) < 4.78 is 31.4. The third-order valence-corrected chi connectivity index (χ3v) is 5.87. The lowest BCUT2D eigenvalue weighted by Crippen LogP contribution is -2.26. The molecule has 7 heteroatoms. The van der Waals surface area contributed by atoms with Gasteiger partial charge in [0.2, 0.25) is 20.7 Å². The molecular formula is C22H20N2O4S. The zero-order valence-electron chi connectivity index (χ0n) is 16.0. The van der Waals surface area contributed by atoms with E-state index in [1.807, 2.05) is 6.92 Å². The van der Waals surface area contributed by atoms with Crippen molar-refractivity contribution < 1.29 is 17.9 Å². The van der Waals surface area contributed by atoms with Gasteiger partial charge in [-0.05, 0) is 43.3 Å². The average Bonchev–Trinajstić information content (AvgIpc) is 2.75. The van der Waals surface area contributed by atoms with Gasteiger partial charge in [0.15, 0.2) is 0 Å². The number of hydrazone groups is 1. The number of nitrogens with zero attached hydrogens (tertiary/aromatic N) is 1. The molecule has 0 heterocycles. The highest BCUT2D eigenvalue weighted by atomic mass is 32.2. The van der Waals surface area contributed by atoms with Crippen LogP contribution in [0.1, 0.15) is 15.9 Å². The first-order chi connectivity index (χ1) is 13.9. The Labute approximate surface area is 169 Å². The third-order valence-electron chi connectivity index (χ3n) is 4.19. The van der Waals surface area contributed by atoms with Gasteiger partial charge >= 0.3 is 0 Å². The molecule has 0 aromatic heterocycles. The Morgan fingerprint density at radius 2 is 1.52 bits per heavy atom. The summed E-state index contributed by atoms with van der Waals surface area (Å²) in [6.45, 7) is 1.85. The largest absolute Gasteiger partial charge is 0.497 e. The van der Waals surface area contributed by atoms with Gasteiger partial charge in [0.05, 0.1) is 17.7 Å². The fourth-order valence-electron chi connectivity index (χ4n) is 2.56. The Bertz CT molecular complexity index is 1120. The van der Waals surface area contributed by atoms with Crippen molar-refractivity contribution in [1.82, 2.24) is 0 Å². The standard InChI is InChI=1S/C22H20N2O4S/c1-16-8-14-20(15-9-16)29(26,27)22(21(25)17-6-4-3-5-7-17)24-23-18-10-12-19(28-2)13-11-18/h3-15,23H,1-2H3/b24-22-. The van der Waals surface area contributed by atoms with Crippen molar-refractivity contribution in [2.75, 3.05) is 12.5 Å². The minimum Gasteiger partial charge on any atom is -0.497 e. The molecule has 0 spiro atoms. The van der Waals surface area contributed by atoms with E-state index in [-0.39, 0.29) is 10.5 Å². The Morgan fingerprint density at radius 1 is 0.897 bits per heavy atom. The molecule has 0 amide bonds. The number of hydrogen-bond donors (Lipinski definition) is 1. The first kappa shape index (κ1) is 20.3. The molecule has 29 heavy (non-hydrogen) atoms. The molecule has 0 atom stereocenters. The summed E-state index contributed by atoms with van der Waals surface area (Å²) in [6.07, 6.45) is 0. The van der Waals surface area contributed by atoms with E-state index in [9.17, 15) is 13.2 Å². The highest BCUT2D eigenvalue weighted by molar-refractivity contribution is 8.08. The van der Waals surface area contributed by atoms with Crippen LogP contribution in [0.25, 0.3) is 0 Å². The Morgan fingerprint density at radius 3 is 2.10 bits per heavy atom. The van der Waals surface area contributed by atoms with Crippen LogP contribution < -0.4 is 10.2 Å². The number of hydrogen-bond acceptors (Lipinski definition) is 6. The fourth-order valence-corrected chi connectivity index (χ4v) is 3.80. The summed E-state index contributed by atoms with van der Waals surface area (Å²) >= 11 is 0. The smallest absolute Gasteiger partial charge is 0.229 e. The maximum atomic E-state index is 13.2. The Balaban J connectivity index is 2.03. The molecule has 0 unspecified atom stereocenters. The van der Waals surface area contributed by atoms with Gasteiger partial charge in [0.25, 0.3) is 0 Å². The SMILES string of the molecule is COc1ccc(N/N=C(/C(=O)c2ccccc2)S(=O)(=O)c2ccc(C)cc2)cc1. The number of carbonyl (C=O) groups is 1. The molecule has 0 aliphatic rings. The molecule has 3 aromatic carbocycles. The maximum Gasteiger partial charge on any atom is 0.229 e. The van der Waals surface area contributed by atoms with Crippen LogP contribution in [0.15, 0.2) is 88.9 Å². The molecule has 148 valence electrons. The second kappa shape index (κ2) is 8.70. The molecular weight excluding hydrogens is 388 g/mol. The van der Waals surface area contributed by atoms with Crippen LogP contribution in [0.3, 0.4) is 0 Å². The highest BCUT2D eigenvalue weighted by Crippen LogP contribution is 2.19. The summed E-state index contributed by atoms with van der Waals surface area (Å²) in [5, 5.41) is 3.40. The number of methoxy groups -OCH3 is 1. The molecule has 1 N–H and O–H groups in total.